The zero-order valence-corrected chi connectivity index (χ0v) is 9.84. The third kappa shape index (κ3) is 2.72. The Bertz CT molecular complexity index is 348. The van der Waals surface area contributed by atoms with Gasteiger partial charge in [-0.2, -0.15) is 0 Å². The largest absolute Gasteiger partial charge is 0.497 e. The molecule has 0 aliphatic rings. The van der Waals surface area contributed by atoms with Gasteiger partial charge in [0.25, 0.3) is 0 Å². The van der Waals surface area contributed by atoms with Crippen molar-refractivity contribution in [1.29, 1.82) is 0 Å². The second-order valence-electron chi connectivity index (χ2n) is 3.89. The van der Waals surface area contributed by atoms with Crippen molar-refractivity contribution in [2.45, 2.75) is 26.3 Å². The van der Waals surface area contributed by atoms with E-state index in [1.165, 1.54) is 0 Å². The molecule has 0 N–H and O–H groups in total. The average molecular weight is 223 g/mol. The predicted molar refractivity (Wildman–Crippen MR) is 62.2 cm³/mol. The van der Waals surface area contributed by atoms with Crippen molar-refractivity contribution in [3.05, 3.63) is 39.9 Å². The first-order valence-corrected chi connectivity index (χ1v) is 5.37. The highest BCUT2D eigenvalue weighted by molar-refractivity contribution is 5.28. The fourth-order valence-electron chi connectivity index (χ4n) is 1.68. The highest BCUT2D eigenvalue weighted by Crippen LogP contribution is 2.28. The average Bonchev–Trinajstić information content (AvgIpc) is 2.29. The maximum Gasteiger partial charge on any atom is 0.240 e. The van der Waals surface area contributed by atoms with Crippen LogP contribution in [0.2, 0.25) is 0 Å². The number of rotatable bonds is 5. The minimum Gasteiger partial charge on any atom is -0.497 e. The van der Waals surface area contributed by atoms with Crippen molar-refractivity contribution < 1.29 is 9.66 Å². The first-order chi connectivity index (χ1) is 7.60. The molecule has 1 aromatic carbocycles. The topological polar surface area (TPSA) is 52.4 Å². The van der Waals surface area contributed by atoms with E-state index in [0.717, 1.165) is 17.7 Å². The second-order valence-corrected chi connectivity index (χ2v) is 3.89. The van der Waals surface area contributed by atoms with Crippen LogP contribution in [-0.2, 0) is 0 Å². The number of nitrogens with zero attached hydrogens (tertiary/aromatic N) is 1. The first-order valence-electron chi connectivity index (χ1n) is 5.37. The molecule has 0 saturated heterocycles. The van der Waals surface area contributed by atoms with Crippen LogP contribution in [0.25, 0.3) is 0 Å². The Morgan fingerprint density at radius 2 is 1.94 bits per heavy atom. The molecule has 0 bridgehead atoms. The molecular weight excluding hydrogens is 206 g/mol. The summed E-state index contributed by atoms with van der Waals surface area (Å²) >= 11 is 0. The summed E-state index contributed by atoms with van der Waals surface area (Å²) in [6, 6.07) is 6.41. The van der Waals surface area contributed by atoms with Gasteiger partial charge >= 0.3 is 0 Å². The summed E-state index contributed by atoms with van der Waals surface area (Å²) in [6.45, 7) is 3.86. The van der Waals surface area contributed by atoms with Gasteiger partial charge in [0.05, 0.1) is 7.11 Å². The maximum absolute atomic E-state index is 11.0. The van der Waals surface area contributed by atoms with Crippen molar-refractivity contribution in [3.63, 3.8) is 0 Å². The molecule has 0 aliphatic heterocycles. The number of hydrogen-bond donors (Lipinski definition) is 0. The fourth-order valence-corrected chi connectivity index (χ4v) is 1.68. The van der Waals surface area contributed by atoms with Crippen LogP contribution in [-0.4, -0.2) is 12.0 Å². The minimum atomic E-state index is -0.629. The summed E-state index contributed by atoms with van der Waals surface area (Å²) in [4.78, 5) is 10.8. The molecule has 0 spiro atoms. The summed E-state index contributed by atoms with van der Waals surface area (Å²) in [7, 11) is 1.58. The van der Waals surface area contributed by atoms with Crippen LogP contribution in [0.4, 0.5) is 0 Å². The molecule has 0 amide bonds. The van der Waals surface area contributed by atoms with Crippen LogP contribution in [0.15, 0.2) is 24.3 Å². The molecular formula is C12H17NO3. The Morgan fingerprint density at radius 1 is 1.38 bits per heavy atom. The fraction of sp³-hybridized carbons (Fsp3) is 0.500. The van der Waals surface area contributed by atoms with E-state index in [4.69, 9.17) is 4.74 Å². The van der Waals surface area contributed by atoms with Crippen molar-refractivity contribution in [1.82, 2.24) is 0 Å². The Morgan fingerprint density at radius 3 is 2.31 bits per heavy atom. The molecule has 1 aromatic rings. The van der Waals surface area contributed by atoms with E-state index in [1.54, 1.807) is 31.4 Å². The molecule has 16 heavy (non-hydrogen) atoms. The predicted octanol–water partition coefficient (Wildman–Crippen LogP) is 3.06. The summed E-state index contributed by atoms with van der Waals surface area (Å²) in [5, 5.41) is 11.0. The smallest absolute Gasteiger partial charge is 0.240 e. The molecule has 0 aromatic heterocycles. The lowest BCUT2D eigenvalue weighted by Gasteiger charge is -2.15. The highest BCUT2D eigenvalue weighted by Gasteiger charge is 2.28. The number of nitro groups is 1. The summed E-state index contributed by atoms with van der Waals surface area (Å²) in [6.07, 6.45) is 0.789. The molecule has 0 heterocycles. The zero-order chi connectivity index (χ0) is 12.1. The van der Waals surface area contributed by atoms with Crippen LogP contribution >= 0.6 is 0 Å². The number of ether oxygens (including phenoxy) is 1. The monoisotopic (exact) mass is 223 g/mol. The Kier molecular flexibility index (Phi) is 4.28. The molecule has 0 aliphatic carbocycles. The third-order valence-electron chi connectivity index (χ3n) is 2.87. The lowest BCUT2D eigenvalue weighted by molar-refractivity contribution is -0.538. The van der Waals surface area contributed by atoms with Gasteiger partial charge in [0.2, 0.25) is 6.04 Å². The van der Waals surface area contributed by atoms with Gasteiger partial charge in [-0.25, -0.2) is 0 Å². The Hall–Kier alpha value is -1.58. The van der Waals surface area contributed by atoms with Crippen LogP contribution < -0.4 is 4.74 Å². The summed E-state index contributed by atoms with van der Waals surface area (Å²) < 4.78 is 5.03. The third-order valence-corrected chi connectivity index (χ3v) is 2.87. The van der Waals surface area contributed by atoms with E-state index >= 15 is 0 Å². The van der Waals surface area contributed by atoms with E-state index in [1.807, 2.05) is 13.8 Å². The molecule has 0 fully saturated rings. The molecule has 0 radical (unpaired) electrons. The summed E-state index contributed by atoms with van der Waals surface area (Å²) in [5.74, 6) is 0.749. The van der Waals surface area contributed by atoms with Gasteiger partial charge in [-0.15, -0.1) is 0 Å². The number of benzene rings is 1. The van der Waals surface area contributed by atoms with Gasteiger partial charge in [-0.05, 0) is 30.7 Å². The molecule has 2 unspecified atom stereocenters. The van der Waals surface area contributed by atoms with E-state index in [9.17, 15) is 10.1 Å². The molecule has 4 nitrogen and oxygen atoms in total. The van der Waals surface area contributed by atoms with Crippen LogP contribution in [0.1, 0.15) is 31.9 Å². The van der Waals surface area contributed by atoms with E-state index in [2.05, 4.69) is 0 Å². The van der Waals surface area contributed by atoms with Gasteiger partial charge in [0.15, 0.2) is 0 Å². The van der Waals surface area contributed by atoms with Crippen molar-refractivity contribution >= 4 is 0 Å². The first kappa shape index (κ1) is 12.5. The Labute approximate surface area is 95.4 Å². The Balaban J connectivity index is 2.97. The van der Waals surface area contributed by atoms with Gasteiger partial charge in [-0.3, -0.25) is 10.1 Å². The SMILES string of the molecule is CCC(C)C(c1ccc(OC)cc1)[N+](=O)[O-]. The van der Waals surface area contributed by atoms with Gasteiger partial charge in [0.1, 0.15) is 5.75 Å². The maximum atomic E-state index is 11.0. The highest BCUT2D eigenvalue weighted by atomic mass is 16.6. The number of methoxy groups -OCH3 is 1. The number of hydrogen-bond acceptors (Lipinski definition) is 3. The molecule has 88 valence electrons. The lowest BCUT2D eigenvalue weighted by Crippen LogP contribution is -2.18. The van der Waals surface area contributed by atoms with Crippen molar-refractivity contribution in [2.75, 3.05) is 7.11 Å². The zero-order valence-electron chi connectivity index (χ0n) is 9.84. The lowest BCUT2D eigenvalue weighted by atomic mass is 9.93. The van der Waals surface area contributed by atoms with Crippen LogP contribution in [0.3, 0.4) is 0 Å². The second kappa shape index (κ2) is 5.49. The van der Waals surface area contributed by atoms with Crippen LogP contribution in [0, 0.1) is 16.0 Å². The van der Waals surface area contributed by atoms with E-state index in [0.29, 0.717) is 0 Å². The standard InChI is InChI=1S/C12H17NO3/c1-4-9(2)12(13(14)15)10-5-7-11(16-3)8-6-10/h5-9,12H,4H2,1-3H3. The van der Waals surface area contributed by atoms with Gasteiger partial charge in [0, 0.05) is 16.4 Å². The molecule has 4 heteroatoms. The van der Waals surface area contributed by atoms with Gasteiger partial charge in [-0.1, -0.05) is 13.8 Å². The molecule has 0 saturated carbocycles. The summed E-state index contributed by atoms with van der Waals surface area (Å²) in [5.41, 5.74) is 0.736. The van der Waals surface area contributed by atoms with E-state index < -0.39 is 6.04 Å². The van der Waals surface area contributed by atoms with E-state index in [-0.39, 0.29) is 10.8 Å². The quantitative estimate of drug-likeness (QED) is 0.569. The van der Waals surface area contributed by atoms with Crippen LogP contribution in [0.5, 0.6) is 5.75 Å². The molecule has 2 atom stereocenters. The normalized spacial score (nSPS) is 14.2. The van der Waals surface area contributed by atoms with Crippen molar-refractivity contribution in [2.24, 2.45) is 5.92 Å². The van der Waals surface area contributed by atoms with Gasteiger partial charge < -0.3 is 4.74 Å². The molecule has 1 rings (SSSR count). The minimum absolute atomic E-state index is 0.0309. The van der Waals surface area contributed by atoms with Crippen molar-refractivity contribution in [3.8, 4) is 5.75 Å².